The third-order valence-electron chi connectivity index (χ3n) is 15.0. The molecular formula is C49H70O23. The number of aromatic hydroxyl groups is 2. The highest BCUT2D eigenvalue weighted by atomic mass is 16.7. The summed E-state index contributed by atoms with van der Waals surface area (Å²) in [6, 6.07) is 3.06. The van der Waals surface area contributed by atoms with Gasteiger partial charge in [-0.15, -0.1) is 0 Å². The summed E-state index contributed by atoms with van der Waals surface area (Å²) in [7, 11) is 2.65. The van der Waals surface area contributed by atoms with Gasteiger partial charge in [0.25, 0.3) is 0 Å². The maximum Gasteiger partial charge on any atom is 0.333 e. The number of phenols is 2. The third-order valence-corrected chi connectivity index (χ3v) is 15.0. The lowest BCUT2D eigenvalue weighted by molar-refractivity contribution is -0.329. The quantitative estimate of drug-likeness (QED) is 0.126. The van der Waals surface area contributed by atoms with Gasteiger partial charge in [-0.2, -0.15) is 0 Å². The number of methoxy groups -OCH3 is 2. The highest BCUT2D eigenvalue weighted by Gasteiger charge is 2.50. The van der Waals surface area contributed by atoms with Crippen molar-refractivity contribution in [2.24, 2.45) is 5.92 Å². The van der Waals surface area contributed by atoms with Crippen molar-refractivity contribution in [3.63, 3.8) is 0 Å². The number of carbonyl (C=O) groups excluding carboxylic acids is 1. The zero-order valence-electron chi connectivity index (χ0n) is 41.4. The van der Waals surface area contributed by atoms with E-state index in [0.29, 0.717) is 0 Å². The van der Waals surface area contributed by atoms with Crippen LogP contribution in [0.2, 0.25) is 0 Å². The number of ether oxygens (including phenoxy) is 12. The van der Waals surface area contributed by atoms with Crippen LogP contribution in [0.3, 0.4) is 0 Å². The van der Waals surface area contributed by atoms with Gasteiger partial charge in [0, 0.05) is 57.8 Å². The van der Waals surface area contributed by atoms with E-state index in [-0.39, 0.29) is 71.7 Å². The molecule has 5 heterocycles. The molecule has 72 heavy (non-hydrogen) atoms. The normalized spacial score (nSPS) is 42.2. The first-order chi connectivity index (χ1) is 34.1. The number of carboxylic acids is 1. The molecule has 0 bridgehead atoms. The Morgan fingerprint density at radius 3 is 1.60 bits per heavy atom. The van der Waals surface area contributed by atoms with E-state index in [1.165, 1.54) is 33.3 Å². The molecule has 5 aliphatic heterocycles. The molecule has 9 N–H and O–H groups in total. The lowest BCUT2D eigenvalue weighted by atomic mass is 9.76. The van der Waals surface area contributed by atoms with Crippen molar-refractivity contribution in [2.75, 3.05) is 14.2 Å². The topological polar surface area (TPSA) is 327 Å². The van der Waals surface area contributed by atoms with Crippen molar-refractivity contribution in [3.05, 3.63) is 28.8 Å². The van der Waals surface area contributed by atoms with Crippen molar-refractivity contribution in [1.82, 2.24) is 0 Å². The number of rotatable bonds is 14. The molecule has 0 radical (unpaired) electrons. The molecule has 21 unspecified atom stereocenters. The van der Waals surface area contributed by atoms with Gasteiger partial charge >= 0.3 is 5.97 Å². The largest absolute Gasteiger partial charge is 0.507 e. The molecular weight excluding hydrogens is 957 g/mol. The first-order valence-corrected chi connectivity index (χ1v) is 24.6. The van der Waals surface area contributed by atoms with Crippen molar-refractivity contribution in [1.29, 1.82) is 0 Å². The van der Waals surface area contributed by atoms with Crippen LogP contribution in [0, 0.1) is 12.8 Å². The van der Waals surface area contributed by atoms with Crippen molar-refractivity contribution < 1.29 is 112 Å². The van der Waals surface area contributed by atoms with Gasteiger partial charge < -0.3 is 103 Å². The fourth-order valence-electron chi connectivity index (χ4n) is 10.9. The average molecular weight is 1030 g/mol. The molecule has 23 atom stereocenters. The number of benzene rings is 2. The number of phenolic OH excluding ortho intramolecular Hbond substituents is 2. The van der Waals surface area contributed by atoms with Crippen LogP contribution in [0.1, 0.15) is 88.2 Å². The van der Waals surface area contributed by atoms with Crippen LogP contribution >= 0.6 is 0 Å². The number of ketones is 1. The van der Waals surface area contributed by atoms with Gasteiger partial charge in [0.15, 0.2) is 37.0 Å². The molecule has 23 heteroatoms. The minimum Gasteiger partial charge on any atom is -0.507 e. The van der Waals surface area contributed by atoms with Gasteiger partial charge in [0.2, 0.25) is 6.29 Å². The van der Waals surface area contributed by atoms with Gasteiger partial charge in [-0.3, -0.25) is 4.79 Å². The van der Waals surface area contributed by atoms with E-state index >= 15 is 0 Å². The number of hydrogen-bond donors (Lipinski definition) is 9. The Kier molecular flexibility index (Phi) is 17.1. The van der Waals surface area contributed by atoms with Crippen molar-refractivity contribution in [2.45, 2.75) is 215 Å². The molecule has 23 nitrogen and oxygen atoms in total. The Hall–Kier alpha value is -3.44. The lowest BCUT2D eigenvalue weighted by Gasteiger charge is -2.45. The van der Waals surface area contributed by atoms with Gasteiger partial charge in [-0.1, -0.05) is 0 Å². The summed E-state index contributed by atoms with van der Waals surface area (Å²) in [4.78, 5) is 27.5. The molecule has 0 aromatic heterocycles. The third kappa shape index (κ3) is 11.1. The number of carboxylic acid groups (broad SMARTS) is 1. The highest BCUT2D eigenvalue weighted by molar-refractivity contribution is 6.11. The molecule has 8 rings (SSSR count). The second-order valence-corrected chi connectivity index (χ2v) is 20.0. The standard InChI is InChI=1S/C49H70O23/c1-17-28(68-34-14-29(41(54)19(3)64-34)69-32-12-26(50)40(53)18(2)63-32)11-24-9-23-10-25(48(62-8)49(59)60)47(45(58)38(23)44(57)37(24)39(17)52)72-36-16-31(43(56)21(5)66-36)71-35-15-30(42(55)20(4)65-35)70-33-13-27(51)46(61-7)22(6)67-33/h9,11,18-22,25-27,29-36,40-43,46-48,50-57H,10,12-16H2,1-8H3,(H,59,60)/t18?,19?,20?,21?,22?,25?,26?,27?,29?,30?,31?,32?,33?,34?,35?,36?,40?,41?,42?,43?,46?,47-,48-/m0/s1. The number of aliphatic carboxylic acids is 1. The fraction of sp³-hybridized carbons (Fsp3) is 0.755. The Labute approximate surface area is 415 Å². The van der Waals surface area contributed by atoms with E-state index in [9.17, 15) is 55.5 Å². The van der Waals surface area contributed by atoms with Gasteiger partial charge in [0.1, 0.15) is 53.9 Å². The number of hydrogen-bond acceptors (Lipinski definition) is 22. The Morgan fingerprint density at radius 2 is 1.10 bits per heavy atom. The Balaban J connectivity index is 1.00. The molecule has 5 saturated heterocycles. The predicted octanol–water partition coefficient (Wildman–Crippen LogP) is 0.789. The minimum atomic E-state index is -1.60. The van der Waals surface area contributed by atoms with E-state index in [2.05, 4.69) is 0 Å². The summed E-state index contributed by atoms with van der Waals surface area (Å²) in [5.74, 6) is -4.33. The lowest BCUT2D eigenvalue weighted by Crippen LogP contribution is -2.56. The fourth-order valence-corrected chi connectivity index (χ4v) is 10.9. The second kappa shape index (κ2) is 22.4. The summed E-state index contributed by atoms with van der Waals surface area (Å²) in [6.07, 6.45) is -22.3. The molecule has 404 valence electrons. The molecule has 1 aliphatic carbocycles. The van der Waals surface area contributed by atoms with Gasteiger partial charge in [-0.25, -0.2) is 4.79 Å². The van der Waals surface area contributed by atoms with Crippen LogP contribution < -0.4 is 4.74 Å². The average Bonchev–Trinajstić information content (AvgIpc) is 3.30. The number of aliphatic hydroxyl groups excluding tert-OH is 6. The number of fused-ring (bicyclic) bond motifs is 2. The van der Waals surface area contributed by atoms with Crippen molar-refractivity contribution >= 4 is 22.5 Å². The first kappa shape index (κ1) is 54.8. The van der Waals surface area contributed by atoms with Crippen LogP contribution in [0.15, 0.2) is 12.1 Å². The van der Waals surface area contributed by atoms with E-state index in [0.717, 1.165) is 0 Å². The van der Waals surface area contributed by atoms with Crippen LogP contribution in [0.25, 0.3) is 10.8 Å². The molecule has 2 aromatic carbocycles. The monoisotopic (exact) mass is 1030 g/mol. The van der Waals surface area contributed by atoms with Crippen LogP contribution in [0.5, 0.6) is 17.2 Å². The van der Waals surface area contributed by atoms with E-state index in [1.807, 2.05) is 0 Å². The maximum absolute atomic E-state index is 14.8. The van der Waals surface area contributed by atoms with E-state index in [4.69, 9.17) is 56.8 Å². The smallest absolute Gasteiger partial charge is 0.333 e. The predicted molar refractivity (Wildman–Crippen MR) is 244 cm³/mol. The highest BCUT2D eigenvalue weighted by Crippen LogP contribution is 2.47. The number of aliphatic hydroxyl groups is 6. The van der Waals surface area contributed by atoms with Crippen LogP contribution in [-0.2, 0) is 63.3 Å². The summed E-state index contributed by atoms with van der Waals surface area (Å²) in [5, 5.41) is 98.5. The maximum atomic E-state index is 14.8. The van der Waals surface area contributed by atoms with E-state index in [1.54, 1.807) is 34.6 Å². The zero-order valence-corrected chi connectivity index (χ0v) is 41.4. The molecule has 0 amide bonds. The van der Waals surface area contributed by atoms with Gasteiger partial charge in [-0.05, 0) is 71.0 Å². The molecule has 2 aromatic rings. The molecule has 6 aliphatic rings. The summed E-state index contributed by atoms with van der Waals surface area (Å²) in [6.45, 7) is 9.66. The van der Waals surface area contributed by atoms with E-state index < -0.39 is 164 Å². The zero-order chi connectivity index (χ0) is 52.2. The SMILES string of the molecule is COC1C(O)CC(OC2CC(OC3CC(O[C@@H]4C(=O)c5c(cc6cc(OC7CC(OC8CC(O)C(O)C(C)O8)C(O)C(C)O7)c(C)c(O)c6c5O)CC4[C@H](OC)C(=O)O)OC(C)C3O)OC(C)C2O)OC1C. The molecule has 5 fully saturated rings. The first-order valence-electron chi connectivity index (χ1n) is 24.6. The number of carbonyl (C=O) groups is 2. The molecule has 0 spiro atoms. The van der Waals surface area contributed by atoms with Gasteiger partial charge in [0.05, 0.1) is 72.0 Å². The number of Topliss-reactive ketones (excluding diaryl/α,β-unsaturated/α-hetero) is 1. The minimum absolute atomic E-state index is 0.00292. The summed E-state index contributed by atoms with van der Waals surface area (Å²) < 4.78 is 71.5. The summed E-state index contributed by atoms with van der Waals surface area (Å²) >= 11 is 0. The summed E-state index contributed by atoms with van der Waals surface area (Å²) in [5.41, 5.74) is 0.154. The Bertz CT molecular complexity index is 2210. The van der Waals surface area contributed by atoms with Crippen LogP contribution in [0.4, 0.5) is 0 Å². The van der Waals surface area contributed by atoms with Crippen molar-refractivity contribution in [3.8, 4) is 17.2 Å². The molecule has 0 saturated carbocycles. The van der Waals surface area contributed by atoms with Crippen LogP contribution in [-0.4, -0.2) is 207 Å². The second-order valence-electron chi connectivity index (χ2n) is 20.0. The Morgan fingerprint density at radius 1 is 0.625 bits per heavy atom.